The number of benzene rings is 1. The van der Waals surface area contributed by atoms with Crippen molar-refractivity contribution in [2.45, 2.75) is 40.2 Å². The van der Waals surface area contributed by atoms with E-state index < -0.39 is 17.0 Å². The number of halogens is 3. The van der Waals surface area contributed by atoms with E-state index in [1.165, 1.54) is 26.0 Å². The minimum Gasteiger partial charge on any atom is -0.489 e. The molecular weight excluding hydrogens is 363 g/mol. The zero-order valence-electron chi connectivity index (χ0n) is 13.6. The largest absolute Gasteiger partial charge is 0.489 e. The van der Waals surface area contributed by atoms with E-state index in [0.29, 0.717) is 5.02 Å². The number of esters is 1. The van der Waals surface area contributed by atoms with Gasteiger partial charge in [-0.25, -0.2) is 0 Å². The van der Waals surface area contributed by atoms with Crippen LogP contribution < -0.4 is 4.74 Å². The fourth-order valence-electron chi connectivity index (χ4n) is 1.58. The van der Waals surface area contributed by atoms with Gasteiger partial charge in [0.05, 0.1) is 10.0 Å². The van der Waals surface area contributed by atoms with E-state index in [1.54, 1.807) is 20.8 Å². The molecule has 0 fully saturated rings. The second-order valence-electron chi connectivity index (χ2n) is 6.38. The smallest absolute Gasteiger partial charge is 0.323 e. The molecule has 0 aliphatic carbocycles. The number of carbonyl (C=O) groups is 2. The van der Waals surface area contributed by atoms with Crippen LogP contribution in [-0.4, -0.2) is 24.0 Å². The molecule has 0 N–H and O–H groups in total. The van der Waals surface area contributed by atoms with E-state index in [0.717, 1.165) is 0 Å². The number of carbonyl (C=O) groups excluding carboxylic acids is 2. The fraction of sp³-hybridized carbons (Fsp3) is 0.500. The summed E-state index contributed by atoms with van der Waals surface area (Å²) in [6.45, 7) is 7.68. The van der Waals surface area contributed by atoms with Crippen molar-refractivity contribution < 1.29 is 19.1 Å². The van der Waals surface area contributed by atoms with Crippen molar-refractivity contribution in [2.75, 3.05) is 6.61 Å². The Balaban J connectivity index is 3.02. The number of ketones is 1. The second-order valence-corrected chi connectivity index (χ2v) is 7.63. The normalized spacial score (nSPS) is 14.1. The van der Waals surface area contributed by atoms with E-state index in [2.05, 4.69) is 0 Å². The molecule has 1 atom stereocenters. The highest BCUT2D eigenvalue weighted by Crippen LogP contribution is 2.37. The lowest BCUT2D eigenvalue weighted by Crippen LogP contribution is -2.44. The van der Waals surface area contributed by atoms with Crippen LogP contribution in [-0.2, 0) is 14.3 Å². The highest BCUT2D eigenvalue weighted by atomic mass is 35.5. The molecular formula is C16H19Cl3O4. The van der Waals surface area contributed by atoms with E-state index >= 15 is 0 Å². The quantitative estimate of drug-likeness (QED) is 0.534. The molecule has 0 aliphatic rings. The van der Waals surface area contributed by atoms with E-state index in [9.17, 15) is 9.59 Å². The fourth-order valence-corrected chi connectivity index (χ4v) is 2.50. The molecule has 1 rings (SSSR count). The van der Waals surface area contributed by atoms with Gasteiger partial charge in [-0.2, -0.15) is 0 Å². The molecule has 0 spiro atoms. The Labute approximate surface area is 151 Å². The summed E-state index contributed by atoms with van der Waals surface area (Å²) in [6, 6.07) is 2.92. The van der Waals surface area contributed by atoms with Crippen molar-refractivity contribution in [1.82, 2.24) is 0 Å². The van der Waals surface area contributed by atoms with Gasteiger partial charge in [0.1, 0.15) is 18.0 Å². The van der Waals surface area contributed by atoms with Gasteiger partial charge >= 0.3 is 5.97 Å². The van der Waals surface area contributed by atoms with Crippen LogP contribution in [0.4, 0.5) is 0 Å². The summed E-state index contributed by atoms with van der Waals surface area (Å²) in [6.07, 6.45) is 0. The highest BCUT2D eigenvalue weighted by Gasteiger charge is 2.43. The molecule has 7 heteroatoms. The van der Waals surface area contributed by atoms with E-state index in [-0.39, 0.29) is 28.2 Å². The van der Waals surface area contributed by atoms with Gasteiger partial charge in [0.2, 0.25) is 0 Å². The van der Waals surface area contributed by atoms with Gasteiger partial charge in [0, 0.05) is 5.02 Å². The topological polar surface area (TPSA) is 52.6 Å². The summed E-state index contributed by atoms with van der Waals surface area (Å²) in [5.41, 5.74) is -2.19. The molecule has 4 nitrogen and oxygen atoms in total. The van der Waals surface area contributed by atoms with Gasteiger partial charge in [-0.1, -0.05) is 34.8 Å². The summed E-state index contributed by atoms with van der Waals surface area (Å²) >= 11 is 17.9. The van der Waals surface area contributed by atoms with Crippen LogP contribution >= 0.6 is 34.8 Å². The van der Waals surface area contributed by atoms with Crippen LogP contribution in [0.15, 0.2) is 12.1 Å². The van der Waals surface area contributed by atoms with E-state index in [4.69, 9.17) is 44.3 Å². The molecule has 0 radical (unpaired) electrons. The Morgan fingerprint density at radius 3 is 1.91 bits per heavy atom. The Morgan fingerprint density at radius 1 is 1.04 bits per heavy atom. The van der Waals surface area contributed by atoms with Crippen LogP contribution in [0.3, 0.4) is 0 Å². The van der Waals surface area contributed by atoms with Crippen LogP contribution in [0, 0.1) is 5.41 Å². The van der Waals surface area contributed by atoms with Gasteiger partial charge in [-0.05, 0) is 46.8 Å². The standard InChI is InChI=1S/C16H19Cl3O4/c1-9(20)16(5,14(21)23-15(2,3)4)8-22-13-11(18)6-10(17)7-12(13)19/h6-7H,8H2,1-5H3. The van der Waals surface area contributed by atoms with Crippen LogP contribution in [0.1, 0.15) is 34.6 Å². The Bertz CT molecular complexity index is 599. The van der Waals surface area contributed by atoms with Crippen molar-refractivity contribution in [1.29, 1.82) is 0 Å². The van der Waals surface area contributed by atoms with Gasteiger partial charge in [0.15, 0.2) is 11.2 Å². The third kappa shape index (κ3) is 5.27. The minimum absolute atomic E-state index is 0.161. The Hall–Kier alpha value is -0.970. The molecule has 128 valence electrons. The zero-order valence-corrected chi connectivity index (χ0v) is 15.9. The van der Waals surface area contributed by atoms with Crippen molar-refractivity contribution in [3.8, 4) is 5.75 Å². The third-order valence-corrected chi connectivity index (χ3v) is 3.87. The van der Waals surface area contributed by atoms with Gasteiger partial charge in [-0.3, -0.25) is 9.59 Å². The predicted molar refractivity (Wildman–Crippen MR) is 91.6 cm³/mol. The Kier molecular flexibility index (Phi) is 6.36. The van der Waals surface area contributed by atoms with Crippen molar-refractivity contribution in [2.24, 2.45) is 5.41 Å². The molecule has 1 unspecified atom stereocenters. The number of Topliss-reactive ketones (excluding diaryl/α,β-unsaturated/α-hetero) is 1. The van der Waals surface area contributed by atoms with Gasteiger partial charge in [0.25, 0.3) is 0 Å². The monoisotopic (exact) mass is 380 g/mol. The van der Waals surface area contributed by atoms with Crippen LogP contribution in [0.2, 0.25) is 15.1 Å². The van der Waals surface area contributed by atoms with Crippen molar-refractivity contribution in [3.63, 3.8) is 0 Å². The molecule has 1 aromatic rings. The summed E-state index contributed by atoms with van der Waals surface area (Å²) in [5.74, 6) is -0.888. The first kappa shape index (κ1) is 20.1. The maximum absolute atomic E-state index is 12.4. The average Bonchev–Trinajstić information content (AvgIpc) is 2.34. The lowest BCUT2D eigenvalue weighted by Gasteiger charge is -2.29. The van der Waals surface area contributed by atoms with Crippen molar-refractivity contribution in [3.05, 3.63) is 27.2 Å². The summed E-state index contributed by atoms with van der Waals surface area (Å²) in [7, 11) is 0. The molecule has 0 saturated carbocycles. The SMILES string of the molecule is CC(=O)C(C)(COc1c(Cl)cc(Cl)cc1Cl)C(=O)OC(C)(C)C. The lowest BCUT2D eigenvalue weighted by molar-refractivity contribution is -0.170. The molecule has 0 bridgehead atoms. The lowest BCUT2D eigenvalue weighted by atomic mass is 9.87. The third-order valence-electron chi connectivity index (χ3n) is 3.09. The molecule has 0 aromatic heterocycles. The number of hydrogen-bond donors (Lipinski definition) is 0. The Morgan fingerprint density at radius 2 is 1.52 bits per heavy atom. The molecule has 0 aliphatic heterocycles. The maximum atomic E-state index is 12.4. The first-order valence-electron chi connectivity index (χ1n) is 6.88. The van der Waals surface area contributed by atoms with Gasteiger partial charge in [-0.15, -0.1) is 0 Å². The van der Waals surface area contributed by atoms with Crippen molar-refractivity contribution >= 4 is 46.6 Å². The average molecular weight is 382 g/mol. The van der Waals surface area contributed by atoms with Crippen LogP contribution in [0.5, 0.6) is 5.75 Å². The van der Waals surface area contributed by atoms with Crippen LogP contribution in [0.25, 0.3) is 0 Å². The number of rotatable bonds is 5. The molecule has 0 amide bonds. The molecule has 1 aromatic carbocycles. The second kappa shape index (κ2) is 7.29. The molecule has 0 heterocycles. The summed E-state index contributed by atoms with van der Waals surface area (Å²) in [5, 5.41) is 0.740. The minimum atomic E-state index is -1.47. The number of hydrogen-bond acceptors (Lipinski definition) is 4. The van der Waals surface area contributed by atoms with Gasteiger partial charge < -0.3 is 9.47 Å². The first-order chi connectivity index (χ1) is 10.4. The predicted octanol–water partition coefficient (Wildman–Crippen LogP) is 4.96. The zero-order chi connectivity index (χ0) is 18.0. The highest BCUT2D eigenvalue weighted by molar-refractivity contribution is 6.40. The maximum Gasteiger partial charge on any atom is 0.323 e. The molecule has 0 saturated heterocycles. The van der Waals surface area contributed by atoms with E-state index in [1.807, 2.05) is 0 Å². The summed E-state index contributed by atoms with van der Waals surface area (Å²) < 4.78 is 10.8. The first-order valence-corrected chi connectivity index (χ1v) is 8.02. The molecule has 23 heavy (non-hydrogen) atoms. The number of ether oxygens (including phenoxy) is 2. The summed E-state index contributed by atoms with van der Waals surface area (Å²) in [4.78, 5) is 24.3.